The molecule has 0 radical (unpaired) electrons. The minimum absolute atomic E-state index is 0.157. The predicted octanol–water partition coefficient (Wildman–Crippen LogP) is 4.90. The third-order valence-corrected chi connectivity index (χ3v) is 6.03. The van der Waals surface area contributed by atoms with Gasteiger partial charge in [0.2, 0.25) is 5.91 Å². The Morgan fingerprint density at radius 2 is 1.63 bits per heavy atom. The standard InChI is InChI=1S/C26H26N4O4S/c1-18-7-11-22(12-8-18)34-16-24-28-29-26(30(24)20-9-13-21(32-2)14-10-20)35-17-25(31)27-19-5-4-6-23(15-19)33-3/h4-15H,16-17H2,1-3H3,(H,27,31). The first kappa shape index (κ1) is 24.2. The van der Waals surface area contributed by atoms with E-state index in [1.54, 1.807) is 20.3 Å². The van der Waals surface area contributed by atoms with Gasteiger partial charge in [0.05, 0.1) is 20.0 Å². The van der Waals surface area contributed by atoms with Crippen molar-refractivity contribution in [3.63, 3.8) is 0 Å². The smallest absolute Gasteiger partial charge is 0.234 e. The number of benzene rings is 3. The molecule has 3 aromatic carbocycles. The number of nitrogens with one attached hydrogen (secondary N) is 1. The zero-order chi connectivity index (χ0) is 24.6. The van der Waals surface area contributed by atoms with Crippen LogP contribution in [0, 0.1) is 6.92 Å². The van der Waals surface area contributed by atoms with Crippen molar-refractivity contribution in [1.29, 1.82) is 0 Å². The molecule has 8 nitrogen and oxygen atoms in total. The average Bonchev–Trinajstić information content (AvgIpc) is 3.30. The monoisotopic (exact) mass is 490 g/mol. The molecule has 35 heavy (non-hydrogen) atoms. The number of carbonyl (C=O) groups excluding carboxylic acids is 1. The van der Waals surface area contributed by atoms with Gasteiger partial charge in [-0.05, 0) is 55.5 Å². The number of hydrogen-bond donors (Lipinski definition) is 1. The van der Waals surface area contributed by atoms with E-state index in [1.807, 2.05) is 78.2 Å². The second kappa shape index (κ2) is 11.4. The van der Waals surface area contributed by atoms with E-state index in [0.29, 0.717) is 22.4 Å². The van der Waals surface area contributed by atoms with E-state index >= 15 is 0 Å². The van der Waals surface area contributed by atoms with Crippen LogP contribution in [-0.2, 0) is 11.4 Å². The molecule has 9 heteroatoms. The molecular formula is C26H26N4O4S. The molecule has 1 amide bonds. The summed E-state index contributed by atoms with van der Waals surface area (Å²) in [7, 11) is 3.21. The van der Waals surface area contributed by atoms with Crippen molar-refractivity contribution < 1.29 is 19.0 Å². The predicted molar refractivity (Wildman–Crippen MR) is 136 cm³/mol. The molecule has 0 aliphatic heterocycles. The van der Waals surface area contributed by atoms with Crippen molar-refractivity contribution in [1.82, 2.24) is 14.8 Å². The zero-order valence-electron chi connectivity index (χ0n) is 19.7. The maximum atomic E-state index is 12.6. The van der Waals surface area contributed by atoms with Crippen molar-refractivity contribution in [3.8, 4) is 22.9 Å². The highest BCUT2D eigenvalue weighted by Gasteiger charge is 2.17. The second-order valence-corrected chi connectivity index (χ2v) is 8.55. The topological polar surface area (TPSA) is 87.5 Å². The largest absolute Gasteiger partial charge is 0.497 e. The van der Waals surface area contributed by atoms with E-state index < -0.39 is 0 Å². The maximum absolute atomic E-state index is 12.6. The van der Waals surface area contributed by atoms with E-state index in [4.69, 9.17) is 14.2 Å². The van der Waals surface area contributed by atoms with E-state index in [9.17, 15) is 4.79 Å². The number of methoxy groups -OCH3 is 2. The summed E-state index contributed by atoms with van der Waals surface area (Å²) in [6.45, 7) is 2.25. The SMILES string of the molecule is COc1ccc(-n2c(COc3ccc(C)cc3)nnc2SCC(=O)Nc2cccc(OC)c2)cc1. The highest BCUT2D eigenvalue weighted by atomic mass is 32.2. The number of carbonyl (C=O) groups is 1. The highest BCUT2D eigenvalue weighted by Crippen LogP contribution is 2.25. The van der Waals surface area contributed by atoms with Crippen molar-refractivity contribution in [3.05, 3.63) is 84.2 Å². The van der Waals surface area contributed by atoms with Gasteiger partial charge in [-0.3, -0.25) is 9.36 Å². The Kier molecular flexibility index (Phi) is 7.89. The summed E-state index contributed by atoms with van der Waals surface area (Å²) in [5.74, 6) is 2.77. The summed E-state index contributed by atoms with van der Waals surface area (Å²) >= 11 is 1.29. The van der Waals surface area contributed by atoms with Crippen molar-refractivity contribution >= 4 is 23.4 Å². The van der Waals surface area contributed by atoms with Gasteiger partial charge < -0.3 is 19.5 Å². The lowest BCUT2D eigenvalue weighted by Crippen LogP contribution is -2.14. The number of anilines is 1. The maximum Gasteiger partial charge on any atom is 0.234 e. The number of ether oxygens (including phenoxy) is 3. The molecule has 0 aliphatic rings. The molecule has 4 rings (SSSR count). The van der Waals surface area contributed by atoms with Crippen LogP contribution in [-0.4, -0.2) is 40.6 Å². The fraction of sp³-hybridized carbons (Fsp3) is 0.192. The van der Waals surface area contributed by atoms with Crippen LogP contribution in [0.25, 0.3) is 5.69 Å². The first-order chi connectivity index (χ1) is 17.1. The van der Waals surface area contributed by atoms with Crippen LogP contribution >= 0.6 is 11.8 Å². The van der Waals surface area contributed by atoms with Gasteiger partial charge in [-0.15, -0.1) is 10.2 Å². The van der Waals surface area contributed by atoms with Gasteiger partial charge in [0.25, 0.3) is 0 Å². The molecule has 0 saturated heterocycles. The number of amides is 1. The number of thioether (sulfide) groups is 1. The second-order valence-electron chi connectivity index (χ2n) is 7.60. The molecule has 0 unspecified atom stereocenters. The summed E-state index contributed by atoms with van der Waals surface area (Å²) in [5, 5.41) is 12.1. The molecule has 1 heterocycles. The summed E-state index contributed by atoms with van der Waals surface area (Å²) in [5.41, 5.74) is 2.66. The van der Waals surface area contributed by atoms with Crippen LogP contribution in [0.5, 0.6) is 17.2 Å². The molecule has 180 valence electrons. The molecule has 0 atom stereocenters. The molecule has 0 spiro atoms. The fourth-order valence-corrected chi connectivity index (χ4v) is 4.06. The molecule has 4 aromatic rings. The van der Waals surface area contributed by atoms with Gasteiger partial charge in [0, 0.05) is 17.4 Å². The summed E-state index contributed by atoms with van der Waals surface area (Å²) in [6, 6.07) is 22.6. The molecule has 0 bridgehead atoms. The Morgan fingerprint density at radius 3 is 2.34 bits per heavy atom. The van der Waals surface area contributed by atoms with Gasteiger partial charge in [0.1, 0.15) is 23.9 Å². The number of nitrogens with zero attached hydrogens (tertiary/aromatic N) is 3. The molecule has 0 fully saturated rings. The molecule has 1 aromatic heterocycles. The van der Waals surface area contributed by atoms with Crippen molar-refractivity contribution in [2.75, 3.05) is 25.3 Å². The average molecular weight is 491 g/mol. The van der Waals surface area contributed by atoms with Crippen molar-refractivity contribution in [2.24, 2.45) is 0 Å². The van der Waals surface area contributed by atoms with Crippen LogP contribution in [0.2, 0.25) is 0 Å². The molecular weight excluding hydrogens is 464 g/mol. The Labute approximate surface area is 208 Å². The summed E-state index contributed by atoms with van der Waals surface area (Å²) in [6.07, 6.45) is 0. The van der Waals surface area contributed by atoms with Crippen LogP contribution < -0.4 is 19.5 Å². The van der Waals surface area contributed by atoms with Gasteiger partial charge in [-0.1, -0.05) is 35.5 Å². The first-order valence-electron chi connectivity index (χ1n) is 10.9. The van der Waals surface area contributed by atoms with Crippen molar-refractivity contribution in [2.45, 2.75) is 18.7 Å². The van der Waals surface area contributed by atoms with E-state index in [2.05, 4.69) is 15.5 Å². The zero-order valence-corrected chi connectivity index (χ0v) is 20.5. The van der Waals surface area contributed by atoms with Crippen LogP contribution in [0.1, 0.15) is 11.4 Å². The first-order valence-corrected chi connectivity index (χ1v) is 11.9. The quantitative estimate of drug-likeness (QED) is 0.316. The highest BCUT2D eigenvalue weighted by molar-refractivity contribution is 7.99. The number of hydrogen-bond acceptors (Lipinski definition) is 7. The van der Waals surface area contributed by atoms with Gasteiger partial charge in [-0.2, -0.15) is 0 Å². The number of rotatable bonds is 10. The van der Waals surface area contributed by atoms with Gasteiger partial charge in [0.15, 0.2) is 11.0 Å². The van der Waals surface area contributed by atoms with E-state index in [0.717, 1.165) is 22.7 Å². The Morgan fingerprint density at radius 1 is 0.914 bits per heavy atom. The third-order valence-electron chi connectivity index (χ3n) is 5.11. The number of aromatic nitrogens is 3. The Bertz CT molecular complexity index is 1270. The minimum Gasteiger partial charge on any atom is -0.497 e. The van der Waals surface area contributed by atoms with Crippen LogP contribution in [0.15, 0.2) is 78.0 Å². The number of aryl methyl sites for hydroxylation is 1. The molecule has 0 aliphatic carbocycles. The van der Waals surface area contributed by atoms with Crippen LogP contribution in [0.4, 0.5) is 5.69 Å². The normalized spacial score (nSPS) is 10.6. The minimum atomic E-state index is -0.162. The molecule has 0 saturated carbocycles. The van der Waals surface area contributed by atoms with E-state index in [-0.39, 0.29) is 18.3 Å². The summed E-state index contributed by atoms with van der Waals surface area (Å²) in [4.78, 5) is 12.6. The lowest BCUT2D eigenvalue weighted by molar-refractivity contribution is -0.113. The summed E-state index contributed by atoms with van der Waals surface area (Å²) < 4.78 is 18.3. The Balaban J connectivity index is 1.51. The Hall–Kier alpha value is -3.98. The molecule has 1 N–H and O–H groups in total. The lowest BCUT2D eigenvalue weighted by Gasteiger charge is -2.12. The lowest BCUT2D eigenvalue weighted by atomic mass is 10.2. The van der Waals surface area contributed by atoms with Gasteiger partial charge in [-0.25, -0.2) is 0 Å². The third kappa shape index (κ3) is 6.33. The fourth-order valence-electron chi connectivity index (χ4n) is 3.29. The van der Waals surface area contributed by atoms with Gasteiger partial charge >= 0.3 is 0 Å². The van der Waals surface area contributed by atoms with Crippen LogP contribution in [0.3, 0.4) is 0 Å². The van der Waals surface area contributed by atoms with E-state index in [1.165, 1.54) is 11.8 Å².